The van der Waals surface area contributed by atoms with Gasteiger partial charge in [-0.1, -0.05) is 60.7 Å². The Morgan fingerprint density at radius 2 is 1.65 bits per heavy atom. The molecule has 5 heteroatoms. The van der Waals surface area contributed by atoms with Crippen LogP contribution in [0.25, 0.3) is 0 Å². The number of para-hydroxylation sites is 1. The van der Waals surface area contributed by atoms with Crippen LogP contribution in [0.2, 0.25) is 0 Å². The summed E-state index contributed by atoms with van der Waals surface area (Å²) >= 11 is 0. The van der Waals surface area contributed by atoms with Crippen molar-refractivity contribution >= 4 is 17.4 Å². The van der Waals surface area contributed by atoms with Gasteiger partial charge in [-0.05, 0) is 55.7 Å². The van der Waals surface area contributed by atoms with E-state index in [0.717, 1.165) is 33.8 Å². The summed E-state index contributed by atoms with van der Waals surface area (Å²) in [6.07, 6.45) is 0. The third kappa shape index (κ3) is 4.07. The molecular weight excluding hydrogens is 424 g/mol. The molecule has 0 aromatic heterocycles. The number of hydrogen-bond donors (Lipinski definition) is 1. The molecule has 5 rings (SSSR count). The minimum Gasteiger partial charge on any atom is -0.497 e. The van der Waals surface area contributed by atoms with Gasteiger partial charge in [-0.2, -0.15) is 0 Å². The van der Waals surface area contributed by atoms with E-state index in [9.17, 15) is 4.79 Å². The molecule has 2 aliphatic rings. The molecular formula is C29H30N2O3. The van der Waals surface area contributed by atoms with E-state index in [4.69, 9.17) is 14.5 Å². The molecule has 174 valence electrons. The Morgan fingerprint density at radius 3 is 2.38 bits per heavy atom. The SMILES string of the molecule is COc1cccc(C2Nc3ccccc3C3C(C(=O)OC(C)(C)C)N=C(c4ccccc4)C23)c1. The summed E-state index contributed by atoms with van der Waals surface area (Å²) in [5, 5.41) is 3.75. The first-order valence-electron chi connectivity index (χ1n) is 11.7. The number of carbonyl (C=O) groups is 1. The number of ether oxygens (including phenoxy) is 2. The van der Waals surface area contributed by atoms with Gasteiger partial charge in [-0.15, -0.1) is 0 Å². The fourth-order valence-corrected chi connectivity index (χ4v) is 5.15. The third-order valence-corrected chi connectivity index (χ3v) is 6.48. The van der Waals surface area contributed by atoms with Crippen molar-refractivity contribution in [2.24, 2.45) is 10.9 Å². The molecule has 0 fully saturated rings. The first kappa shape index (κ1) is 22.2. The molecule has 2 aliphatic heterocycles. The lowest BCUT2D eigenvalue weighted by Gasteiger charge is -2.39. The van der Waals surface area contributed by atoms with Crippen LogP contribution in [-0.2, 0) is 9.53 Å². The second-order valence-electron chi connectivity index (χ2n) is 9.90. The van der Waals surface area contributed by atoms with E-state index < -0.39 is 11.6 Å². The molecule has 5 nitrogen and oxygen atoms in total. The van der Waals surface area contributed by atoms with Gasteiger partial charge in [-0.25, -0.2) is 4.79 Å². The number of anilines is 1. The van der Waals surface area contributed by atoms with Crippen molar-refractivity contribution in [3.05, 3.63) is 95.6 Å². The Kier molecular flexibility index (Phi) is 5.64. The predicted octanol–water partition coefficient (Wildman–Crippen LogP) is 5.78. The van der Waals surface area contributed by atoms with Crippen LogP contribution < -0.4 is 10.1 Å². The molecule has 3 aromatic carbocycles. The Labute approximate surface area is 200 Å². The number of carbonyl (C=O) groups excluding carboxylic acids is 1. The highest BCUT2D eigenvalue weighted by molar-refractivity contribution is 6.07. The topological polar surface area (TPSA) is 59.9 Å². The first-order valence-corrected chi connectivity index (χ1v) is 11.7. The lowest BCUT2D eigenvalue weighted by atomic mass is 9.71. The largest absolute Gasteiger partial charge is 0.497 e. The summed E-state index contributed by atoms with van der Waals surface area (Å²) in [7, 11) is 1.68. The van der Waals surface area contributed by atoms with Gasteiger partial charge in [0.2, 0.25) is 0 Å². The first-order chi connectivity index (χ1) is 16.4. The lowest BCUT2D eigenvalue weighted by Crippen LogP contribution is -2.40. The molecule has 2 heterocycles. The fourth-order valence-electron chi connectivity index (χ4n) is 5.15. The third-order valence-electron chi connectivity index (χ3n) is 6.48. The number of benzene rings is 3. The summed E-state index contributed by atoms with van der Waals surface area (Å²) in [5.74, 6) is 0.324. The molecule has 0 saturated heterocycles. The molecule has 34 heavy (non-hydrogen) atoms. The van der Waals surface area contributed by atoms with Crippen molar-refractivity contribution in [3.8, 4) is 5.75 Å². The summed E-state index contributed by atoms with van der Waals surface area (Å²) in [6.45, 7) is 5.69. The van der Waals surface area contributed by atoms with Gasteiger partial charge in [0.15, 0.2) is 6.04 Å². The summed E-state index contributed by atoms with van der Waals surface area (Å²) in [4.78, 5) is 18.6. The standard InChI is InChI=1S/C29H30N2O3/c1-29(2,3)34-28(32)27-23-21-15-8-9-16-22(21)30-26(19-13-10-14-20(17-19)33-4)24(23)25(31-27)18-11-6-5-7-12-18/h5-17,23-24,26-27,30H,1-4H3. The molecule has 0 spiro atoms. The Bertz CT molecular complexity index is 1230. The van der Waals surface area contributed by atoms with Crippen molar-refractivity contribution < 1.29 is 14.3 Å². The molecule has 0 saturated carbocycles. The van der Waals surface area contributed by atoms with Crippen LogP contribution in [0.4, 0.5) is 5.69 Å². The fraction of sp³-hybridized carbons (Fsp3) is 0.310. The lowest BCUT2D eigenvalue weighted by molar-refractivity contribution is -0.156. The van der Waals surface area contributed by atoms with Crippen LogP contribution in [0.1, 0.15) is 49.4 Å². The van der Waals surface area contributed by atoms with Crippen molar-refractivity contribution in [1.29, 1.82) is 0 Å². The van der Waals surface area contributed by atoms with E-state index in [1.165, 1.54) is 0 Å². The van der Waals surface area contributed by atoms with E-state index >= 15 is 0 Å². The van der Waals surface area contributed by atoms with Gasteiger partial charge in [-0.3, -0.25) is 4.99 Å². The Balaban J connectivity index is 1.68. The molecule has 0 amide bonds. The number of methoxy groups -OCH3 is 1. The van der Waals surface area contributed by atoms with Gasteiger partial charge in [0, 0.05) is 23.2 Å². The average Bonchev–Trinajstić information content (AvgIpc) is 3.24. The van der Waals surface area contributed by atoms with Crippen LogP contribution in [0.3, 0.4) is 0 Å². The molecule has 4 unspecified atom stereocenters. The van der Waals surface area contributed by atoms with Gasteiger partial charge < -0.3 is 14.8 Å². The number of nitrogens with one attached hydrogen (secondary N) is 1. The van der Waals surface area contributed by atoms with Crippen molar-refractivity contribution in [1.82, 2.24) is 0 Å². The summed E-state index contributed by atoms with van der Waals surface area (Å²) in [6, 6.07) is 25.8. The van der Waals surface area contributed by atoms with Crippen molar-refractivity contribution in [2.45, 2.75) is 44.4 Å². The Hall–Kier alpha value is -3.60. The molecule has 3 aromatic rings. The van der Waals surface area contributed by atoms with Crippen LogP contribution in [-0.4, -0.2) is 30.4 Å². The van der Waals surface area contributed by atoms with Crippen LogP contribution >= 0.6 is 0 Å². The number of fused-ring (bicyclic) bond motifs is 3. The minimum atomic E-state index is -0.615. The number of nitrogens with zero attached hydrogens (tertiary/aromatic N) is 1. The summed E-state index contributed by atoms with van der Waals surface area (Å²) in [5.41, 5.74) is 4.58. The van der Waals surface area contributed by atoms with E-state index in [2.05, 4.69) is 41.7 Å². The smallest absolute Gasteiger partial charge is 0.332 e. The number of rotatable bonds is 4. The molecule has 1 N–H and O–H groups in total. The number of aliphatic imine (C=N–C) groups is 1. The monoisotopic (exact) mass is 454 g/mol. The van der Waals surface area contributed by atoms with E-state index in [0.29, 0.717) is 0 Å². The minimum absolute atomic E-state index is 0.0538. The van der Waals surface area contributed by atoms with Crippen LogP contribution in [0.15, 0.2) is 83.9 Å². The highest BCUT2D eigenvalue weighted by Crippen LogP contribution is 2.52. The second kappa shape index (κ2) is 8.64. The van der Waals surface area contributed by atoms with Gasteiger partial charge in [0.1, 0.15) is 11.4 Å². The maximum absolute atomic E-state index is 13.5. The van der Waals surface area contributed by atoms with E-state index in [1.54, 1.807) is 7.11 Å². The van der Waals surface area contributed by atoms with Crippen LogP contribution in [0, 0.1) is 5.92 Å². The number of hydrogen-bond acceptors (Lipinski definition) is 5. The highest BCUT2D eigenvalue weighted by atomic mass is 16.6. The molecule has 0 aliphatic carbocycles. The van der Waals surface area contributed by atoms with Gasteiger partial charge in [0.05, 0.1) is 13.2 Å². The maximum atomic E-state index is 13.5. The average molecular weight is 455 g/mol. The van der Waals surface area contributed by atoms with Gasteiger partial charge in [0.25, 0.3) is 0 Å². The molecule has 0 bridgehead atoms. The van der Waals surface area contributed by atoms with Crippen molar-refractivity contribution in [2.75, 3.05) is 12.4 Å². The maximum Gasteiger partial charge on any atom is 0.332 e. The molecule has 4 atom stereocenters. The Morgan fingerprint density at radius 1 is 0.912 bits per heavy atom. The zero-order valence-corrected chi connectivity index (χ0v) is 20.0. The van der Waals surface area contributed by atoms with E-state index in [1.807, 2.05) is 63.2 Å². The van der Waals surface area contributed by atoms with Gasteiger partial charge >= 0.3 is 5.97 Å². The second-order valence-corrected chi connectivity index (χ2v) is 9.90. The normalized spacial score (nSPS) is 23.2. The van der Waals surface area contributed by atoms with Crippen molar-refractivity contribution in [3.63, 3.8) is 0 Å². The summed E-state index contributed by atoms with van der Waals surface area (Å²) < 4.78 is 11.4. The quantitative estimate of drug-likeness (QED) is 0.508. The van der Waals surface area contributed by atoms with E-state index in [-0.39, 0.29) is 23.8 Å². The number of esters is 1. The zero-order valence-electron chi connectivity index (χ0n) is 20.0. The highest BCUT2D eigenvalue weighted by Gasteiger charge is 2.51. The zero-order chi connectivity index (χ0) is 23.9. The molecule has 0 radical (unpaired) electrons. The predicted molar refractivity (Wildman–Crippen MR) is 135 cm³/mol. The van der Waals surface area contributed by atoms with Crippen LogP contribution in [0.5, 0.6) is 5.75 Å².